The average molecular weight is 434 g/mol. The summed E-state index contributed by atoms with van der Waals surface area (Å²) in [5.41, 5.74) is 2.88. The van der Waals surface area contributed by atoms with Gasteiger partial charge in [-0.1, -0.05) is 38.5 Å². The molecule has 0 saturated carbocycles. The van der Waals surface area contributed by atoms with Crippen LogP contribution in [-0.4, -0.2) is 41.3 Å². The fourth-order valence-electron chi connectivity index (χ4n) is 4.31. The van der Waals surface area contributed by atoms with Crippen LogP contribution in [0.4, 0.5) is 0 Å². The first-order valence-corrected chi connectivity index (χ1v) is 11.6. The summed E-state index contributed by atoms with van der Waals surface area (Å²) in [5.74, 6) is 0.986. The molecule has 3 aromatic rings. The lowest BCUT2D eigenvalue weighted by atomic mass is 9.84. The predicted octanol–water partition coefficient (Wildman–Crippen LogP) is 4.90. The van der Waals surface area contributed by atoms with Crippen molar-refractivity contribution in [2.45, 2.75) is 39.5 Å². The summed E-state index contributed by atoms with van der Waals surface area (Å²) in [6.07, 6.45) is 3.77. The number of benzene rings is 2. The highest BCUT2D eigenvalue weighted by atomic mass is 16.3. The first-order valence-electron chi connectivity index (χ1n) is 11.6. The average Bonchev–Trinajstić information content (AvgIpc) is 3.27. The minimum Gasteiger partial charge on any atom is -0.436 e. The molecule has 1 fully saturated rings. The van der Waals surface area contributed by atoms with Gasteiger partial charge in [-0.2, -0.15) is 0 Å². The monoisotopic (exact) mass is 433 g/mol. The number of unbranched alkanes of at least 4 members (excludes halogenated alkanes) is 1. The van der Waals surface area contributed by atoms with E-state index in [1.165, 1.54) is 0 Å². The van der Waals surface area contributed by atoms with Crippen LogP contribution in [0.2, 0.25) is 0 Å². The summed E-state index contributed by atoms with van der Waals surface area (Å²) >= 11 is 0. The molecule has 4 rings (SSSR count). The number of fused-ring (bicyclic) bond motifs is 1. The summed E-state index contributed by atoms with van der Waals surface area (Å²) in [5, 5.41) is 3.04. The molecule has 6 nitrogen and oxygen atoms in total. The fraction of sp³-hybridized carbons (Fsp3) is 0.423. The van der Waals surface area contributed by atoms with Crippen LogP contribution >= 0.6 is 0 Å². The highest BCUT2D eigenvalue weighted by molar-refractivity contribution is 5.97. The van der Waals surface area contributed by atoms with Crippen molar-refractivity contribution in [3.8, 4) is 11.5 Å². The Morgan fingerprint density at radius 1 is 1.16 bits per heavy atom. The number of hydrogen-bond donors (Lipinski definition) is 1. The minimum absolute atomic E-state index is 0.00895. The third-order valence-corrected chi connectivity index (χ3v) is 6.43. The van der Waals surface area contributed by atoms with E-state index in [0.29, 0.717) is 41.6 Å². The third-order valence-electron chi connectivity index (χ3n) is 6.43. The van der Waals surface area contributed by atoms with Crippen LogP contribution < -0.4 is 5.32 Å². The Morgan fingerprint density at radius 3 is 2.62 bits per heavy atom. The van der Waals surface area contributed by atoms with Crippen LogP contribution in [0.1, 0.15) is 49.9 Å². The number of carbonyl (C=O) groups excluding carboxylic acids is 2. The van der Waals surface area contributed by atoms with Gasteiger partial charge in [0.15, 0.2) is 5.58 Å². The first-order chi connectivity index (χ1) is 15.6. The van der Waals surface area contributed by atoms with E-state index in [9.17, 15) is 9.59 Å². The van der Waals surface area contributed by atoms with Crippen molar-refractivity contribution in [3.63, 3.8) is 0 Å². The molecule has 0 bridgehead atoms. The summed E-state index contributed by atoms with van der Waals surface area (Å²) in [6, 6.07) is 15.2. The number of nitrogens with zero attached hydrogens (tertiary/aromatic N) is 2. The maximum Gasteiger partial charge on any atom is 0.253 e. The van der Waals surface area contributed by atoms with Gasteiger partial charge >= 0.3 is 0 Å². The van der Waals surface area contributed by atoms with Crippen LogP contribution in [0.3, 0.4) is 0 Å². The summed E-state index contributed by atoms with van der Waals surface area (Å²) < 4.78 is 5.86. The summed E-state index contributed by atoms with van der Waals surface area (Å²) in [7, 11) is 0. The van der Waals surface area contributed by atoms with Gasteiger partial charge in [0.1, 0.15) is 5.52 Å². The second-order valence-corrected chi connectivity index (χ2v) is 8.63. The fourth-order valence-corrected chi connectivity index (χ4v) is 4.31. The van der Waals surface area contributed by atoms with Crippen molar-refractivity contribution in [2.75, 3.05) is 19.6 Å². The molecule has 168 valence electrons. The maximum absolute atomic E-state index is 13.1. The standard InChI is InChI=1S/C26H31N3O3/c1-3-4-14-27-24(30)18(2)19-12-15-29(16-13-19)26(31)21-10-11-23-22(17-21)28-25(32-23)20-8-6-5-7-9-20/h5-11,17-19H,3-4,12-16H2,1-2H3,(H,27,30). The number of rotatable bonds is 7. The van der Waals surface area contributed by atoms with Crippen molar-refractivity contribution < 1.29 is 14.0 Å². The lowest BCUT2D eigenvalue weighted by Crippen LogP contribution is -2.42. The molecule has 1 saturated heterocycles. The zero-order valence-electron chi connectivity index (χ0n) is 18.8. The van der Waals surface area contributed by atoms with Gasteiger partial charge in [0.05, 0.1) is 0 Å². The van der Waals surface area contributed by atoms with E-state index in [2.05, 4.69) is 17.2 Å². The van der Waals surface area contributed by atoms with E-state index in [-0.39, 0.29) is 17.7 Å². The van der Waals surface area contributed by atoms with Crippen molar-refractivity contribution in [1.29, 1.82) is 0 Å². The van der Waals surface area contributed by atoms with Crippen molar-refractivity contribution >= 4 is 22.9 Å². The Balaban J connectivity index is 1.38. The second kappa shape index (κ2) is 9.98. The number of nitrogens with one attached hydrogen (secondary N) is 1. The highest BCUT2D eigenvalue weighted by Crippen LogP contribution is 2.28. The van der Waals surface area contributed by atoms with Crippen LogP contribution in [0.5, 0.6) is 0 Å². The van der Waals surface area contributed by atoms with Crippen LogP contribution in [-0.2, 0) is 4.79 Å². The van der Waals surface area contributed by atoms with Crippen LogP contribution in [0.15, 0.2) is 52.9 Å². The topological polar surface area (TPSA) is 75.4 Å². The van der Waals surface area contributed by atoms with E-state index < -0.39 is 0 Å². The first kappa shape index (κ1) is 22.1. The Kier molecular flexibility index (Phi) is 6.88. The highest BCUT2D eigenvalue weighted by Gasteiger charge is 2.30. The van der Waals surface area contributed by atoms with Crippen molar-refractivity contribution in [2.24, 2.45) is 11.8 Å². The molecule has 1 N–H and O–H groups in total. The number of piperidine rings is 1. The van der Waals surface area contributed by atoms with Gasteiger partial charge in [-0.3, -0.25) is 9.59 Å². The Hall–Kier alpha value is -3.15. The van der Waals surface area contributed by atoms with Crippen LogP contribution in [0, 0.1) is 11.8 Å². The van der Waals surface area contributed by atoms with E-state index in [0.717, 1.165) is 37.8 Å². The summed E-state index contributed by atoms with van der Waals surface area (Å²) in [4.78, 5) is 31.9. The molecule has 0 radical (unpaired) electrons. The Morgan fingerprint density at radius 2 is 1.91 bits per heavy atom. The van der Waals surface area contributed by atoms with Crippen LogP contribution in [0.25, 0.3) is 22.6 Å². The third kappa shape index (κ3) is 4.85. The van der Waals surface area contributed by atoms with Crippen molar-refractivity contribution in [1.82, 2.24) is 15.2 Å². The van der Waals surface area contributed by atoms with E-state index in [4.69, 9.17) is 4.42 Å². The largest absolute Gasteiger partial charge is 0.436 e. The zero-order valence-corrected chi connectivity index (χ0v) is 18.8. The number of amides is 2. The van der Waals surface area contributed by atoms with Gasteiger partial charge in [0.2, 0.25) is 11.8 Å². The molecular weight excluding hydrogens is 402 g/mol. The SMILES string of the molecule is CCCCNC(=O)C(C)C1CCN(C(=O)c2ccc3oc(-c4ccccc4)nc3c2)CC1. The van der Waals surface area contributed by atoms with Gasteiger partial charge in [-0.05, 0) is 55.5 Å². The van der Waals surface area contributed by atoms with Gasteiger partial charge in [0, 0.05) is 36.7 Å². The molecule has 2 amide bonds. The van der Waals surface area contributed by atoms with Crippen molar-refractivity contribution in [3.05, 3.63) is 54.1 Å². The molecule has 0 spiro atoms. The molecular formula is C26H31N3O3. The molecule has 6 heteroatoms. The Labute approximate surface area is 189 Å². The molecule has 2 heterocycles. The molecule has 32 heavy (non-hydrogen) atoms. The smallest absolute Gasteiger partial charge is 0.253 e. The number of carbonyl (C=O) groups is 2. The summed E-state index contributed by atoms with van der Waals surface area (Å²) in [6.45, 7) is 6.20. The molecule has 1 aromatic heterocycles. The quantitative estimate of drug-likeness (QED) is 0.538. The molecule has 1 unspecified atom stereocenters. The predicted molar refractivity (Wildman–Crippen MR) is 125 cm³/mol. The number of likely N-dealkylation sites (tertiary alicyclic amines) is 1. The number of aromatic nitrogens is 1. The minimum atomic E-state index is -0.0213. The van der Waals surface area contributed by atoms with Gasteiger partial charge < -0.3 is 14.6 Å². The second-order valence-electron chi connectivity index (χ2n) is 8.63. The number of hydrogen-bond acceptors (Lipinski definition) is 4. The maximum atomic E-state index is 13.1. The molecule has 0 aliphatic carbocycles. The van der Waals surface area contributed by atoms with E-state index in [1.807, 2.05) is 54.3 Å². The zero-order chi connectivity index (χ0) is 22.5. The lowest BCUT2D eigenvalue weighted by molar-refractivity contribution is -0.126. The normalized spacial score (nSPS) is 15.6. The van der Waals surface area contributed by atoms with Gasteiger partial charge in [-0.25, -0.2) is 4.98 Å². The Bertz CT molecular complexity index is 1070. The van der Waals surface area contributed by atoms with Gasteiger partial charge in [-0.15, -0.1) is 0 Å². The number of oxazole rings is 1. The molecule has 2 aromatic carbocycles. The molecule has 1 aliphatic heterocycles. The molecule has 1 atom stereocenters. The lowest BCUT2D eigenvalue weighted by Gasteiger charge is -2.34. The van der Waals surface area contributed by atoms with E-state index >= 15 is 0 Å². The molecule has 1 aliphatic rings. The van der Waals surface area contributed by atoms with E-state index in [1.54, 1.807) is 6.07 Å². The van der Waals surface area contributed by atoms with Gasteiger partial charge in [0.25, 0.3) is 5.91 Å².